The average Bonchev–Trinajstić information content (AvgIpc) is 3.07. The molecule has 25 heavy (non-hydrogen) atoms. The van der Waals surface area contributed by atoms with Gasteiger partial charge in [0.05, 0.1) is 29.1 Å². The van der Waals surface area contributed by atoms with Crippen LogP contribution in [0.2, 0.25) is 0 Å². The van der Waals surface area contributed by atoms with E-state index in [-0.39, 0.29) is 5.91 Å². The number of anilines is 1. The smallest absolute Gasteiger partial charge is 0.234 e. The number of carbonyl (C=O) groups excluding carboxylic acids is 1. The van der Waals surface area contributed by atoms with E-state index in [0.717, 1.165) is 44.1 Å². The maximum absolute atomic E-state index is 12.1. The lowest BCUT2D eigenvalue weighted by Crippen LogP contribution is -2.26. The molecule has 0 saturated carbocycles. The number of aryl methyl sites for hydroxylation is 1. The Kier molecular flexibility index (Phi) is 3.37. The van der Waals surface area contributed by atoms with Gasteiger partial charge < -0.3 is 15.0 Å². The first-order valence-electron chi connectivity index (χ1n) is 8.05. The number of aromatic nitrogens is 2. The van der Waals surface area contributed by atoms with Gasteiger partial charge in [-0.25, -0.2) is 4.98 Å². The summed E-state index contributed by atoms with van der Waals surface area (Å²) in [7, 11) is 1.63. The van der Waals surface area contributed by atoms with Gasteiger partial charge in [0.15, 0.2) is 0 Å². The van der Waals surface area contributed by atoms with Crippen LogP contribution in [0.3, 0.4) is 0 Å². The number of thiol groups is 1. The van der Waals surface area contributed by atoms with Crippen molar-refractivity contribution >= 4 is 35.3 Å². The fraction of sp³-hybridized carbons (Fsp3) is 0.263. The van der Waals surface area contributed by atoms with Gasteiger partial charge in [-0.15, -0.1) is 12.6 Å². The van der Waals surface area contributed by atoms with Crippen LogP contribution < -0.4 is 10.1 Å². The highest BCUT2D eigenvalue weighted by Crippen LogP contribution is 2.41. The number of methoxy groups -OCH3 is 1. The number of hydrogen-bond acceptors (Lipinski definition) is 4. The van der Waals surface area contributed by atoms with Crippen LogP contribution in [0.15, 0.2) is 29.2 Å². The highest BCUT2D eigenvalue weighted by atomic mass is 32.1. The second kappa shape index (κ2) is 5.26. The van der Waals surface area contributed by atoms with Crippen molar-refractivity contribution in [2.24, 2.45) is 0 Å². The summed E-state index contributed by atoms with van der Waals surface area (Å²) in [6, 6.07) is 7.89. The molecule has 0 aliphatic carbocycles. The monoisotopic (exact) mass is 353 g/mol. The summed E-state index contributed by atoms with van der Waals surface area (Å²) in [5.74, 6) is 1.42. The predicted octanol–water partition coefficient (Wildman–Crippen LogP) is 4.07. The van der Waals surface area contributed by atoms with Gasteiger partial charge in [-0.1, -0.05) is 6.07 Å². The number of benzene rings is 2. The minimum atomic E-state index is -0.547. The van der Waals surface area contributed by atoms with E-state index in [2.05, 4.69) is 22.9 Å². The number of imidazole rings is 1. The molecule has 128 valence electrons. The Hall–Kier alpha value is -2.47. The van der Waals surface area contributed by atoms with Crippen LogP contribution >= 0.6 is 12.6 Å². The highest BCUT2D eigenvalue weighted by Gasteiger charge is 2.38. The second-order valence-electron chi connectivity index (χ2n) is 6.89. The number of rotatable bonds is 2. The summed E-state index contributed by atoms with van der Waals surface area (Å²) in [6.45, 7) is 5.84. The maximum Gasteiger partial charge on any atom is 0.234 e. The molecule has 2 aromatic carbocycles. The van der Waals surface area contributed by atoms with Gasteiger partial charge in [0, 0.05) is 10.6 Å². The summed E-state index contributed by atoms with van der Waals surface area (Å²) in [5.41, 5.74) is 4.85. The zero-order chi connectivity index (χ0) is 17.9. The van der Waals surface area contributed by atoms with E-state index in [4.69, 9.17) is 9.72 Å². The number of ether oxygens (including phenoxy) is 1. The number of aromatic amines is 1. The van der Waals surface area contributed by atoms with Crippen LogP contribution in [0.1, 0.15) is 25.0 Å². The number of carbonyl (C=O) groups is 1. The Morgan fingerprint density at radius 3 is 2.72 bits per heavy atom. The van der Waals surface area contributed by atoms with Crippen molar-refractivity contribution < 1.29 is 9.53 Å². The molecule has 0 spiro atoms. The number of hydrogen-bond donors (Lipinski definition) is 3. The van der Waals surface area contributed by atoms with Crippen molar-refractivity contribution in [3.63, 3.8) is 0 Å². The van der Waals surface area contributed by atoms with Crippen molar-refractivity contribution in [2.45, 2.75) is 31.1 Å². The Morgan fingerprint density at radius 1 is 1.24 bits per heavy atom. The molecule has 2 heterocycles. The van der Waals surface area contributed by atoms with Crippen LogP contribution in [0, 0.1) is 6.92 Å². The maximum atomic E-state index is 12.1. The van der Waals surface area contributed by atoms with E-state index in [1.165, 1.54) is 0 Å². The SMILES string of the molecule is COc1c(-c2nc3cc4c(cc3[nH]2)C(C)(C)C(=O)N4)ccc(C)c1S. The topological polar surface area (TPSA) is 67.0 Å². The van der Waals surface area contributed by atoms with E-state index < -0.39 is 5.41 Å². The molecule has 1 aliphatic heterocycles. The molecule has 0 atom stereocenters. The molecule has 0 saturated heterocycles. The average molecular weight is 353 g/mol. The Morgan fingerprint density at radius 2 is 2.00 bits per heavy atom. The minimum absolute atomic E-state index is 0.00953. The van der Waals surface area contributed by atoms with Crippen LogP contribution in [0.4, 0.5) is 5.69 Å². The summed E-state index contributed by atoms with van der Waals surface area (Å²) < 4.78 is 5.54. The molecule has 5 nitrogen and oxygen atoms in total. The number of amides is 1. The molecule has 2 N–H and O–H groups in total. The van der Waals surface area contributed by atoms with E-state index in [0.29, 0.717) is 5.75 Å². The Bertz CT molecular complexity index is 1040. The van der Waals surface area contributed by atoms with Crippen LogP contribution in [0.5, 0.6) is 5.75 Å². The van der Waals surface area contributed by atoms with Gasteiger partial charge in [0.2, 0.25) is 5.91 Å². The number of nitrogens with one attached hydrogen (secondary N) is 2. The predicted molar refractivity (Wildman–Crippen MR) is 102 cm³/mol. The number of nitrogens with zero attached hydrogens (tertiary/aromatic N) is 1. The normalized spacial score (nSPS) is 15.3. The van der Waals surface area contributed by atoms with Crippen LogP contribution in [0.25, 0.3) is 22.4 Å². The third-order valence-electron chi connectivity index (χ3n) is 4.90. The van der Waals surface area contributed by atoms with Gasteiger partial charge in [-0.2, -0.15) is 0 Å². The number of H-pyrrole nitrogens is 1. The molecule has 0 fully saturated rings. The Balaban J connectivity index is 1.90. The third kappa shape index (κ3) is 2.24. The zero-order valence-corrected chi connectivity index (χ0v) is 15.4. The molecule has 6 heteroatoms. The molecular weight excluding hydrogens is 334 g/mol. The molecule has 1 aliphatic rings. The lowest BCUT2D eigenvalue weighted by Gasteiger charge is -2.14. The minimum Gasteiger partial charge on any atom is -0.495 e. The number of fused-ring (bicyclic) bond motifs is 2. The summed E-state index contributed by atoms with van der Waals surface area (Å²) in [6.07, 6.45) is 0. The third-order valence-corrected chi connectivity index (χ3v) is 5.46. The fourth-order valence-electron chi connectivity index (χ4n) is 3.27. The van der Waals surface area contributed by atoms with Crippen molar-refractivity contribution in [3.8, 4) is 17.1 Å². The first kappa shape index (κ1) is 16.0. The largest absolute Gasteiger partial charge is 0.495 e. The van der Waals surface area contributed by atoms with Crippen molar-refractivity contribution in [1.29, 1.82) is 0 Å². The fourth-order valence-corrected chi connectivity index (χ4v) is 3.55. The zero-order valence-electron chi connectivity index (χ0n) is 14.5. The quantitative estimate of drug-likeness (QED) is 0.609. The Labute approximate surface area is 151 Å². The summed E-state index contributed by atoms with van der Waals surface area (Å²) in [4.78, 5) is 21.0. The van der Waals surface area contributed by atoms with Gasteiger partial charge >= 0.3 is 0 Å². The molecule has 3 aromatic rings. The van der Waals surface area contributed by atoms with E-state index in [9.17, 15) is 4.79 Å². The van der Waals surface area contributed by atoms with E-state index in [1.54, 1.807) is 7.11 Å². The summed E-state index contributed by atoms with van der Waals surface area (Å²) in [5, 5.41) is 2.94. The van der Waals surface area contributed by atoms with Crippen molar-refractivity contribution in [3.05, 3.63) is 35.4 Å². The molecule has 1 amide bonds. The lowest BCUT2D eigenvalue weighted by atomic mass is 9.86. The molecule has 4 rings (SSSR count). The second-order valence-corrected chi connectivity index (χ2v) is 7.34. The van der Waals surface area contributed by atoms with E-state index >= 15 is 0 Å². The van der Waals surface area contributed by atoms with Crippen LogP contribution in [-0.2, 0) is 10.2 Å². The van der Waals surface area contributed by atoms with Gasteiger partial charge in [-0.3, -0.25) is 4.79 Å². The first-order valence-corrected chi connectivity index (χ1v) is 8.50. The molecule has 0 radical (unpaired) electrons. The van der Waals surface area contributed by atoms with Gasteiger partial charge in [0.25, 0.3) is 0 Å². The summed E-state index contributed by atoms with van der Waals surface area (Å²) >= 11 is 4.55. The molecular formula is C19H19N3O2S. The van der Waals surface area contributed by atoms with Gasteiger partial charge in [0.1, 0.15) is 11.6 Å². The molecule has 1 aromatic heterocycles. The molecule has 0 bridgehead atoms. The van der Waals surface area contributed by atoms with Crippen molar-refractivity contribution in [1.82, 2.24) is 9.97 Å². The molecule has 0 unspecified atom stereocenters. The standard InChI is InChI=1S/C19H19N3O2S/c1-9-5-6-10(15(24-4)16(9)25)17-20-13-7-11-12(8-14(13)21-17)22-18(23)19(11,2)3/h5-8,25H,1-4H3,(H,20,21)(H,22,23). The van der Waals surface area contributed by atoms with Crippen molar-refractivity contribution in [2.75, 3.05) is 12.4 Å². The van der Waals surface area contributed by atoms with Crippen LogP contribution in [-0.4, -0.2) is 23.0 Å². The van der Waals surface area contributed by atoms with Gasteiger partial charge in [-0.05, 0) is 50.1 Å². The van der Waals surface area contributed by atoms with E-state index in [1.807, 2.05) is 45.0 Å². The first-order chi connectivity index (χ1) is 11.8. The highest BCUT2D eigenvalue weighted by molar-refractivity contribution is 7.80. The lowest BCUT2D eigenvalue weighted by molar-refractivity contribution is -0.119.